The van der Waals surface area contributed by atoms with Crippen LogP contribution in [0, 0.1) is 0 Å². The van der Waals surface area contributed by atoms with Crippen LogP contribution in [0.4, 0.5) is 0 Å². The second kappa shape index (κ2) is 17.7. The molecular weight excluding hydrogens is 342 g/mol. The molecule has 0 aliphatic rings. The molecule has 0 saturated heterocycles. The number of aliphatic carboxylic acids is 1. The monoisotopic (exact) mass is 381 g/mol. The molecule has 0 aromatic heterocycles. The lowest BCUT2D eigenvalue weighted by Crippen LogP contribution is -2.45. The van der Waals surface area contributed by atoms with Crippen LogP contribution in [0.1, 0.15) is 104 Å². The van der Waals surface area contributed by atoms with E-state index in [2.05, 4.69) is 24.4 Å². The number of hydrogen-bond acceptors (Lipinski definition) is 3. The zero-order chi connectivity index (χ0) is 20.3. The maximum Gasteiger partial charge on any atom is 0.334 e. The second-order valence-electron chi connectivity index (χ2n) is 7.28. The molecule has 0 bridgehead atoms. The fraction of sp³-hybridized carbons (Fsp3) is 0.773. The van der Waals surface area contributed by atoms with Crippen LogP contribution in [0.15, 0.2) is 12.2 Å². The Morgan fingerprint density at radius 3 is 1.78 bits per heavy atom. The van der Waals surface area contributed by atoms with E-state index in [9.17, 15) is 14.4 Å². The number of carboxylic acid groups (broad SMARTS) is 1. The Bertz CT molecular complexity index is 432. The Hall–Kier alpha value is -1.65. The van der Waals surface area contributed by atoms with E-state index in [4.69, 9.17) is 5.11 Å². The summed E-state index contributed by atoms with van der Waals surface area (Å²) in [6.07, 6.45) is 20.3. The van der Waals surface area contributed by atoms with Gasteiger partial charge in [-0.2, -0.15) is 0 Å². The zero-order valence-corrected chi connectivity index (χ0v) is 17.3. The summed E-state index contributed by atoms with van der Waals surface area (Å²) in [4.78, 5) is 33.6. The highest BCUT2D eigenvalue weighted by molar-refractivity contribution is 6.03. The molecule has 0 radical (unpaired) electrons. The third-order valence-corrected chi connectivity index (χ3v) is 4.62. The predicted octanol–water partition coefficient (Wildman–Crippen LogP) is 5.18. The van der Waals surface area contributed by atoms with Crippen molar-refractivity contribution >= 4 is 17.7 Å². The van der Waals surface area contributed by atoms with E-state index in [1.54, 1.807) is 0 Å². The first-order chi connectivity index (χ1) is 13.0. The van der Waals surface area contributed by atoms with Gasteiger partial charge in [-0.1, -0.05) is 70.4 Å². The molecule has 5 heteroatoms. The minimum Gasteiger partial charge on any atom is -0.479 e. The van der Waals surface area contributed by atoms with E-state index >= 15 is 0 Å². The van der Waals surface area contributed by atoms with Gasteiger partial charge >= 0.3 is 5.97 Å². The van der Waals surface area contributed by atoms with Crippen molar-refractivity contribution in [3.8, 4) is 0 Å². The molecule has 0 aromatic rings. The number of allylic oxidation sites excluding steroid dienone is 2. The van der Waals surface area contributed by atoms with Gasteiger partial charge in [-0.25, -0.2) is 4.79 Å². The predicted molar refractivity (Wildman–Crippen MR) is 110 cm³/mol. The van der Waals surface area contributed by atoms with Crippen molar-refractivity contribution in [1.29, 1.82) is 0 Å². The van der Waals surface area contributed by atoms with Gasteiger partial charge in [0.15, 0.2) is 11.8 Å². The topological polar surface area (TPSA) is 83.5 Å². The summed E-state index contributed by atoms with van der Waals surface area (Å²) < 4.78 is 0. The van der Waals surface area contributed by atoms with Crippen molar-refractivity contribution in [2.75, 3.05) is 0 Å². The van der Waals surface area contributed by atoms with Gasteiger partial charge in [-0.3, -0.25) is 9.59 Å². The molecule has 0 aliphatic carbocycles. The summed E-state index contributed by atoms with van der Waals surface area (Å²) in [7, 11) is 0. The van der Waals surface area contributed by atoms with Crippen molar-refractivity contribution in [2.45, 2.75) is 110 Å². The summed E-state index contributed by atoms with van der Waals surface area (Å²) in [6, 6.07) is -1.42. The van der Waals surface area contributed by atoms with Crippen molar-refractivity contribution in [3.05, 3.63) is 12.2 Å². The van der Waals surface area contributed by atoms with Gasteiger partial charge in [0.05, 0.1) is 0 Å². The van der Waals surface area contributed by atoms with E-state index in [0.29, 0.717) is 0 Å². The van der Waals surface area contributed by atoms with Gasteiger partial charge in [0.2, 0.25) is 5.91 Å². The van der Waals surface area contributed by atoms with Crippen LogP contribution in [-0.2, 0) is 14.4 Å². The molecule has 1 atom stereocenters. The number of amides is 1. The highest BCUT2D eigenvalue weighted by Crippen LogP contribution is 2.10. The molecule has 0 heterocycles. The third kappa shape index (κ3) is 16.3. The Kier molecular flexibility index (Phi) is 16.7. The van der Waals surface area contributed by atoms with Crippen LogP contribution in [-0.4, -0.2) is 28.8 Å². The molecule has 156 valence electrons. The van der Waals surface area contributed by atoms with Gasteiger partial charge in [-0.15, -0.1) is 0 Å². The number of unbranched alkanes of at least 4 members (excludes halogenated alkanes) is 11. The van der Waals surface area contributed by atoms with E-state index in [-0.39, 0.29) is 12.3 Å². The quantitative estimate of drug-likeness (QED) is 0.195. The van der Waals surface area contributed by atoms with Crippen LogP contribution in [0.25, 0.3) is 0 Å². The lowest BCUT2D eigenvalue weighted by atomic mass is 10.1. The zero-order valence-electron chi connectivity index (χ0n) is 17.3. The van der Waals surface area contributed by atoms with Crippen LogP contribution < -0.4 is 5.32 Å². The number of nitrogens with one attached hydrogen (secondary N) is 1. The fourth-order valence-electron chi connectivity index (χ4n) is 2.93. The summed E-state index contributed by atoms with van der Waals surface area (Å²) in [5, 5.41) is 11.1. The fourth-order valence-corrected chi connectivity index (χ4v) is 2.93. The molecule has 1 amide bonds. The summed E-state index contributed by atoms with van der Waals surface area (Å²) in [5.74, 6) is -2.23. The van der Waals surface area contributed by atoms with Crippen molar-refractivity contribution in [3.63, 3.8) is 0 Å². The average Bonchev–Trinajstić information content (AvgIpc) is 2.62. The van der Waals surface area contributed by atoms with Crippen LogP contribution in [0.5, 0.6) is 0 Å². The maximum absolute atomic E-state index is 11.7. The number of ketones is 1. The molecule has 5 nitrogen and oxygen atoms in total. The van der Waals surface area contributed by atoms with E-state index in [1.165, 1.54) is 58.3 Å². The largest absolute Gasteiger partial charge is 0.479 e. The number of carbonyl (C=O) groups is 3. The van der Waals surface area contributed by atoms with Crippen molar-refractivity contribution in [2.24, 2.45) is 0 Å². The highest BCUT2D eigenvalue weighted by atomic mass is 16.4. The minimum absolute atomic E-state index is 0.273. The number of rotatable bonds is 18. The van der Waals surface area contributed by atoms with Crippen molar-refractivity contribution < 1.29 is 19.5 Å². The van der Waals surface area contributed by atoms with Gasteiger partial charge < -0.3 is 10.4 Å². The van der Waals surface area contributed by atoms with Crippen LogP contribution >= 0.6 is 0 Å². The summed E-state index contributed by atoms with van der Waals surface area (Å²) in [6.45, 7) is 3.41. The Labute approximate surface area is 165 Å². The normalized spacial score (nSPS) is 12.2. The summed E-state index contributed by atoms with van der Waals surface area (Å²) in [5.41, 5.74) is 0. The number of carboxylic acids is 1. The smallest absolute Gasteiger partial charge is 0.334 e. The Balaban J connectivity index is 3.46. The van der Waals surface area contributed by atoms with Gasteiger partial charge in [0, 0.05) is 6.42 Å². The molecule has 1 unspecified atom stereocenters. The first kappa shape index (κ1) is 25.4. The molecule has 2 N–H and O–H groups in total. The Morgan fingerprint density at radius 1 is 0.815 bits per heavy atom. The first-order valence-corrected chi connectivity index (χ1v) is 10.7. The molecule has 0 aromatic carbocycles. The molecule has 27 heavy (non-hydrogen) atoms. The Morgan fingerprint density at radius 2 is 1.30 bits per heavy atom. The van der Waals surface area contributed by atoms with E-state index in [1.807, 2.05) is 0 Å². The molecule has 0 spiro atoms. The van der Waals surface area contributed by atoms with Crippen LogP contribution in [0.2, 0.25) is 0 Å². The average molecular weight is 382 g/mol. The van der Waals surface area contributed by atoms with Crippen molar-refractivity contribution in [1.82, 2.24) is 5.32 Å². The lowest BCUT2D eigenvalue weighted by Gasteiger charge is -2.11. The maximum atomic E-state index is 11.7. The molecule has 0 aliphatic heterocycles. The van der Waals surface area contributed by atoms with Gasteiger partial charge in [0.25, 0.3) is 0 Å². The molecule has 0 saturated carbocycles. The molecule has 0 rings (SSSR count). The third-order valence-electron chi connectivity index (χ3n) is 4.62. The second-order valence-corrected chi connectivity index (χ2v) is 7.28. The van der Waals surface area contributed by atoms with Gasteiger partial charge in [0.1, 0.15) is 0 Å². The lowest BCUT2D eigenvalue weighted by molar-refractivity contribution is -0.145. The molecular formula is C22H39NO4. The number of carbonyl (C=O) groups excluding carboxylic acids is 2. The minimum atomic E-state index is -1.42. The standard InChI is InChI=1S/C22H39NO4/c1-3-4-5-6-7-8-9-10-11-12-13-14-15-16-17-18-20(25)23-21(19(2)24)22(26)27/h10-11,21H,3-9,12-18H2,1-2H3,(H,23,25)(H,26,27)/b11-10-. The number of Topliss-reactive ketones (excluding diaryl/α,β-unsaturated/α-hetero) is 1. The van der Waals surface area contributed by atoms with E-state index < -0.39 is 17.8 Å². The summed E-state index contributed by atoms with van der Waals surface area (Å²) >= 11 is 0. The number of hydrogen-bond donors (Lipinski definition) is 2. The first-order valence-electron chi connectivity index (χ1n) is 10.7. The van der Waals surface area contributed by atoms with Crippen LogP contribution in [0.3, 0.4) is 0 Å². The molecule has 0 fully saturated rings. The van der Waals surface area contributed by atoms with E-state index in [0.717, 1.165) is 32.1 Å². The SMILES string of the molecule is CCCCCCCC/C=C\CCCCCCCC(=O)NC(C(C)=O)C(=O)O. The highest BCUT2D eigenvalue weighted by Gasteiger charge is 2.23. The van der Waals surface area contributed by atoms with Gasteiger partial charge in [-0.05, 0) is 39.0 Å².